The van der Waals surface area contributed by atoms with E-state index in [2.05, 4.69) is 5.32 Å². The van der Waals surface area contributed by atoms with Crippen LogP contribution in [0.15, 0.2) is 47.4 Å². The highest BCUT2D eigenvalue weighted by Crippen LogP contribution is 2.30. The molecule has 1 heterocycles. The number of nitro groups is 1. The normalized spacial score (nSPS) is 17.3. The number of amides is 1. The number of carbonyl (C=O) groups is 1. The topological polar surface area (TPSA) is 119 Å². The second kappa shape index (κ2) is 8.80. The number of piperidine rings is 1. The van der Waals surface area contributed by atoms with E-state index in [0.29, 0.717) is 6.54 Å². The molecule has 0 bridgehead atoms. The van der Waals surface area contributed by atoms with Gasteiger partial charge in [-0.05, 0) is 44.0 Å². The zero-order valence-corrected chi connectivity index (χ0v) is 17.5. The maximum atomic E-state index is 13.1. The van der Waals surface area contributed by atoms with Gasteiger partial charge in [0.2, 0.25) is 10.0 Å². The first-order valence-electron chi connectivity index (χ1n) is 9.49. The van der Waals surface area contributed by atoms with Crippen molar-refractivity contribution in [1.29, 1.82) is 0 Å². The van der Waals surface area contributed by atoms with E-state index >= 15 is 0 Å². The summed E-state index contributed by atoms with van der Waals surface area (Å²) in [4.78, 5) is 23.2. The Morgan fingerprint density at radius 3 is 2.67 bits per heavy atom. The fraction of sp³-hybridized carbons (Fsp3) is 0.350. The van der Waals surface area contributed by atoms with Gasteiger partial charge in [0.05, 0.1) is 22.6 Å². The highest BCUT2D eigenvalue weighted by atomic mass is 32.2. The molecule has 0 spiro atoms. The van der Waals surface area contributed by atoms with Crippen LogP contribution in [0.5, 0.6) is 5.75 Å². The van der Waals surface area contributed by atoms with Crippen molar-refractivity contribution >= 4 is 27.3 Å². The smallest absolute Gasteiger partial charge is 0.271 e. The van der Waals surface area contributed by atoms with Gasteiger partial charge in [-0.1, -0.05) is 12.5 Å². The van der Waals surface area contributed by atoms with E-state index in [0.717, 1.165) is 19.3 Å². The van der Waals surface area contributed by atoms with Crippen LogP contribution in [-0.4, -0.2) is 43.2 Å². The van der Waals surface area contributed by atoms with Crippen molar-refractivity contribution in [3.05, 3.63) is 58.1 Å². The first-order valence-corrected chi connectivity index (χ1v) is 10.9. The van der Waals surface area contributed by atoms with Crippen LogP contribution in [0.3, 0.4) is 0 Å². The van der Waals surface area contributed by atoms with Gasteiger partial charge in [-0.2, -0.15) is 4.31 Å². The fourth-order valence-corrected chi connectivity index (χ4v) is 5.21. The molecule has 0 aliphatic carbocycles. The molecule has 1 saturated heterocycles. The molecule has 1 fully saturated rings. The van der Waals surface area contributed by atoms with Gasteiger partial charge in [0, 0.05) is 30.3 Å². The van der Waals surface area contributed by atoms with Crippen molar-refractivity contribution in [2.24, 2.45) is 0 Å². The first-order chi connectivity index (χ1) is 14.2. The van der Waals surface area contributed by atoms with E-state index < -0.39 is 20.9 Å². The van der Waals surface area contributed by atoms with Gasteiger partial charge < -0.3 is 10.1 Å². The summed E-state index contributed by atoms with van der Waals surface area (Å²) >= 11 is 0. The highest BCUT2D eigenvalue weighted by molar-refractivity contribution is 7.89. The average molecular weight is 433 g/mol. The van der Waals surface area contributed by atoms with Crippen LogP contribution in [-0.2, 0) is 10.0 Å². The predicted molar refractivity (Wildman–Crippen MR) is 111 cm³/mol. The van der Waals surface area contributed by atoms with Crippen molar-refractivity contribution in [2.45, 2.75) is 37.1 Å². The number of hydrogen-bond donors (Lipinski definition) is 1. The molecule has 160 valence electrons. The molecule has 0 saturated carbocycles. The van der Waals surface area contributed by atoms with Crippen molar-refractivity contribution in [1.82, 2.24) is 4.31 Å². The van der Waals surface area contributed by atoms with E-state index in [1.54, 1.807) is 0 Å². The van der Waals surface area contributed by atoms with Gasteiger partial charge >= 0.3 is 0 Å². The lowest BCUT2D eigenvalue weighted by atomic mass is 10.1. The van der Waals surface area contributed by atoms with Crippen LogP contribution in [0.4, 0.5) is 11.4 Å². The Morgan fingerprint density at radius 1 is 1.23 bits per heavy atom. The van der Waals surface area contributed by atoms with E-state index in [1.807, 2.05) is 6.92 Å². The molecule has 1 amide bonds. The number of sulfonamides is 1. The molecule has 10 heteroatoms. The minimum Gasteiger partial charge on any atom is -0.495 e. The number of nitrogens with zero attached hydrogens (tertiary/aromatic N) is 2. The Hall–Kier alpha value is -2.98. The molecule has 1 unspecified atom stereocenters. The molecule has 3 rings (SSSR count). The van der Waals surface area contributed by atoms with Crippen molar-refractivity contribution in [2.75, 3.05) is 19.0 Å². The lowest BCUT2D eigenvalue weighted by molar-refractivity contribution is -0.384. The molecule has 1 N–H and O–H groups in total. The largest absolute Gasteiger partial charge is 0.495 e. The Kier molecular flexibility index (Phi) is 6.37. The number of benzene rings is 2. The summed E-state index contributed by atoms with van der Waals surface area (Å²) in [5.74, 6) is -0.350. The molecular weight excluding hydrogens is 410 g/mol. The molecular formula is C20H23N3O6S. The summed E-state index contributed by atoms with van der Waals surface area (Å²) in [7, 11) is -2.35. The van der Waals surface area contributed by atoms with Crippen LogP contribution >= 0.6 is 0 Å². The molecule has 1 aliphatic heterocycles. The molecule has 2 aromatic rings. The number of methoxy groups -OCH3 is 1. The lowest BCUT2D eigenvalue weighted by Gasteiger charge is -2.32. The third-order valence-electron chi connectivity index (χ3n) is 5.09. The molecule has 0 aromatic heterocycles. The maximum absolute atomic E-state index is 13.1. The van der Waals surface area contributed by atoms with E-state index in [4.69, 9.17) is 4.74 Å². The molecule has 30 heavy (non-hydrogen) atoms. The SMILES string of the molecule is COc1ccc([N+](=O)[O-])cc1NC(=O)c1cccc(S(=O)(=O)N2CCCCC2C)c1. The zero-order chi connectivity index (χ0) is 21.9. The lowest BCUT2D eigenvalue weighted by Crippen LogP contribution is -2.41. The third-order valence-corrected chi connectivity index (χ3v) is 7.10. The van der Waals surface area contributed by atoms with Crippen LogP contribution in [0.1, 0.15) is 36.5 Å². The zero-order valence-electron chi connectivity index (χ0n) is 16.7. The van der Waals surface area contributed by atoms with Gasteiger partial charge in [0.25, 0.3) is 11.6 Å². The van der Waals surface area contributed by atoms with Gasteiger partial charge in [-0.25, -0.2) is 8.42 Å². The van der Waals surface area contributed by atoms with Crippen LogP contribution in [0.25, 0.3) is 0 Å². The number of ether oxygens (including phenoxy) is 1. The Bertz CT molecular complexity index is 1070. The number of hydrogen-bond acceptors (Lipinski definition) is 6. The summed E-state index contributed by atoms with van der Waals surface area (Å²) in [6.45, 7) is 2.33. The molecule has 0 radical (unpaired) electrons. The number of carbonyl (C=O) groups excluding carboxylic acids is 1. The standard InChI is InChI=1S/C20H23N3O6S/c1-14-6-3-4-11-22(14)30(27,28)17-8-5-7-15(12-17)20(24)21-18-13-16(23(25)26)9-10-19(18)29-2/h5,7-10,12-14H,3-4,6,11H2,1-2H3,(H,21,24). The van der Waals surface area contributed by atoms with Gasteiger partial charge in [0.1, 0.15) is 5.75 Å². The van der Waals surface area contributed by atoms with E-state index in [-0.39, 0.29) is 33.6 Å². The number of nitro benzene ring substituents is 1. The van der Waals surface area contributed by atoms with Gasteiger partial charge in [-0.3, -0.25) is 14.9 Å². The molecule has 9 nitrogen and oxygen atoms in total. The van der Waals surface area contributed by atoms with Crippen molar-refractivity contribution in [3.8, 4) is 5.75 Å². The number of non-ortho nitro benzene ring substituents is 1. The Morgan fingerprint density at radius 2 is 2.00 bits per heavy atom. The van der Waals surface area contributed by atoms with Crippen molar-refractivity contribution in [3.63, 3.8) is 0 Å². The predicted octanol–water partition coefficient (Wildman–Crippen LogP) is 3.42. The van der Waals surface area contributed by atoms with E-state index in [1.165, 1.54) is 53.9 Å². The third kappa shape index (κ3) is 4.44. The summed E-state index contributed by atoms with van der Waals surface area (Å²) in [5.41, 5.74) is 0.0328. The minimum absolute atomic E-state index is 0.0370. The molecule has 1 aliphatic rings. The van der Waals surface area contributed by atoms with Crippen molar-refractivity contribution < 1.29 is 22.9 Å². The average Bonchev–Trinajstić information content (AvgIpc) is 2.73. The Labute approximate surface area is 174 Å². The van der Waals surface area contributed by atoms with Crippen LogP contribution in [0, 0.1) is 10.1 Å². The summed E-state index contributed by atoms with van der Waals surface area (Å²) < 4.78 is 32.7. The first kappa shape index (κ1) is 21.7. The fourth-order valence-electron chi connectivity index (χ4n) is 3.46. The summed E-state index contributed by atoms with van der Waals surface area (Å²) in [6, 6.07) is 9.49. The summed E-state index contributed by atoms with van der Waals surface area (Å²) in [6.07, 6.45) is 2.59. The number of nitrogens with one attached hydrogen (secondary N) is 1. The molecule has 2 aromatic carbocycles. The quantitative estimate of drug-likeness (QED) is 0.551. The second-order valence-electron chi connectivity index (χ2n) is 7.08. The highest BCUT2D eigenvalue weighted by Gasteiger charge is 2.31. The Balaban J connectivity index is 1.88. The molecule has 1 atom stereocenters. The number of rotatable bonds is 6. The second-order valence-corrected chi connectivity index (χ2v) is 8.97. The summed E-state index contributed by atoms with van der Waals surface area (Å²) in [5, 5.41) is 13.6. The van der Waals surface area contributed by atoms with Crippen LogP contribution < -0.4 is 10.1 Å². The minimum atomic E-state index is -3.73. The van der Waals surface area contributed by atoms with Gasteiger partial charge in [-0.15, -0.1) is 0 Å². The number of anilines is 1. The maximum Gasteiger partial charge on any atom is 0.271 e. The van der Waals surface area contributed by atoms with Crippen LogP contribution in [0.2, 0.25) is 0 Å². The van der Waals surface area contributed by atoms with Gasteiger partial charge in [0.15, 0.2) is 0 Å². The monoisotopic (exact) mass is 433 g/mol. The van der Waals surface area contributed by atoms with E-state index in [9.17, 15) is 23.3 Å².